The number of amides is 3. The van der Waals surface area contributed by atoms with Crippen LogP contribution in [0.3, 0.4) is 0 Å². The first-order valence-corrected chi connectivity index (χ1v) is 14.3. The van der Waals surface area contributed by atoms with Crippen LogP contribution in [0.1, 0.15) is 30.2 Å². The number of rotatable bonds is 6. The van der Waals surface area contributed by atoms with Crippen LogP contribution < -0.4 is 4.90 Å². The minimum Gasteiger partial charge on any atom is -0.342 e. The van der Waals surface area contributed by atoms with Crippen molar-refractivity contribution in [3.05, 3.63) is 69.0 Å². The number of hydrogen-bond donors (Lipinski definition) is 0. The summed E-state index contributed by atoms with van der Waals surface area (Å²) in [5, 5.41) is 3.60. The number of piperidine rings is 1. The zero-order chi connectivity index (χ0) is 25.2. The number of anilines is 1. The summed E-state index contributed by atoms with van der Waals surface area (Å²) in [5.74, 6) is 0.0319. The van der Waals surface area contributed by atoms with Gasteiger partial charge in [-0.05, 0) is 37.1 Å². The highest BCUT2D eigenvalue weighted by Gasteiger charge is 2.40. The molecule has 0 aliphatic carbocycles. The predicted molar refractivity (Wildman–Crippen MR) is 146 cm³/mol. The number of para-hydroxylation sites is 1. The van der Waals surface area contributed by atoms with Gasteiger partial charge in [0.05, 0.1) is 37.4 Å². The van der Waals surface area contributed by atoms with E-state index in [0.29, 0.717) is 34.7 Å². The van der Waals surface area contributed by atoms with E-state index in [1.54, 1.807) is 41.7 Å². The van der Waals surface area contributed by atoms with Crippen LogP contribution in [0.25, 0.3) is 11.3 Å². The predicted octanol–water partition coefficient (Wildman–Crippen LogP) is 5.89. The molecule has 3 heterocycles. The van der Waals surface area contributed by atoms with Crippen LogP contribution in [-0.4, -0.2) is 51.7 Å². The van der Waals surface area contributed by atoms with E-state index in [2.05, 4.69) is 0 Å². The van der Waals surface area contributed by atoms with Gasteiger partial charge in [0.1, 0.15) is 0 Å². The van der Waals surface area contributed by atoms with Crippen LogP contribution in [0, 0.1) is 0 Å². The number of thiazole rings is 1. The van der Waals surface area contributed by atoms with Gasteiger partial charge in [-0.3, -0.25) is 14.4 Å². The van der Waals surface area contributed by atoms with E-state index in [1.165, 1.54) is 16.7 Å². The molecule has 0 N–H and O–H groups in total. The van der Waals surface area contributed by atoms with Crippen molar-refractivity contribution in [1.82, 2.24) is 9.88 Å². The van der Waals surface area contributed by atoms with Crippen molar-refractivity contribution in [2.75, 3.05) is 23.7 Å². The maximum absolute atomic E-state index is 12.8. The molecule has 0 radical (unpaired) electrons. The van der Waals surface area contributed by atoms with Gasteiger partial charge in [0.2, 0.25) is 17.7 Å². The van der Waals surface area contributed by atoms with Crippen LogP contribution >= 0.6 is 46.3 Å². The molecule has 3 amide bonds. The zero-order valence-corrected chi connectivity index (χ0v) is 22.4. The minimum atomic E-state index is -0.519. The van der Waals surface area contributed by atoms with E-state index in [9.17, 15) is 14.4 Å². The van der Waals surface area contributed by atoms with Gasteiger partial charge < -0.3 is 4.90 Å². The highest BCUT2D eigenvalue weighted by Crippen LogP contribution is 2.35. The second kappa shape index (κ2) is 10.9. The molecule has 0 spiro atoms. The number of carbonyl (C=O) groups is 3. The molecule has 36 heavy (non-hydrogen) atoms. The summed E-state index contributed by atoms with van der Waals surface area (Å²) in [7, 11) is 0. The first-order chi connectivity index (χ1) is 17.4. The average molecular weight is 561 g/mol. The maximum Gasteiger partial charge on any atom is 0.247 e. The summed E-state index contributed by atoms with van der Waals surface area (Å²) in [6.45, 7) is 1.30. The van der Waals surface area contributed by atoms with Crippen LogP contribution in [0.4, 0.5) is 5.69 Å². The summed E-state index contributed by atoms with van der Waals surface area (Å²) in [6, 6.07) is 14.4. The SMILES string of the molecule is O=C(CSC1CC(=O)N(c2ccccc2)C1=O)N1CCC(c2nc(-c3ccc(Cl)c(Cl)c3)cs2)CC1. The Labute approximate surface area is 227 Å². The smallest absolute Gasteiger partial charge is 0.247 e. The standard InChI is InChI=1S/C26H23Cl2N3O3S2/c27-19-7-6-17(12-20(19)28)21-14-36-25(29-21)16-8-10-30(11-9-16)24(33)15-35-22-13-23(32)31(26(22)34)18-4-2-1-3-5-18/h1-7,12,14,16,22H,8-11,13,15H2. The molecule has 5 rings (SSSR count). The van der Waals surface area contributed by atoms with Crippen molar-refractivity contribution in [3.8, 4) is 11.3 Å². The highest BCUT2D eigenvalue weighted by atomic mass is 35.5. The molecule has 1 aromatic heterocycles. The van der Waals surface area contributed by atoms with Crippen LogP contribution in [0.2, 0.25) is 10.0 Å². The Balaban J connectivity index is 1.12. The molecular weight excluding hydrogens is 537 g/mol. The van der Waals surface area contributed by atoms with Crippen molar-refractivity contribution in [3.63, 3.8) is 0 Å². The molecule has 186 valence electrons. The molecule has 10 heteroatoms. The fourth-order valence-corrected chi connectivity index (χ4v) is 6.82. The number of thioether (sulfide) groups is 1. The Kier molecular flexibility index (Phi) is 7.67. The Morgan fingerprint density at radius 2 is 1.81 bits per heavy atom. The van der Waals surface area contributed by atoms with Gasteiger partial charge >= 0.3 is 0 Å². The minimum absolute atomic E-state index is 0.00694. The van der Waals surface area contributed by atoms with Gasteiger partial charge in [-0.1, -0.05) is 47.5 Å². The normalized spacial score (nSPS) is 18.8. The fourth-order valence-electron chi connectivity index (χ4n) is 4.48. The van der Waals surface area contributed by atoms with Crippen molar-refractivity contribution in [2.45, 2.75) is 30.4 Å². The van der Waals surface area contributed by atoms with Crippen LogP contribution in [-0.2, 0) is 14.4 Å². The van der Waals surface area contributed by atoms with E-state index in [-0.39, 0.29) is 29.9 Å². The Morgan fingerprint density at radius 1 is 1.06 bits per heavy atom. The van der Waals surface area contributed by atoms with E-state index < -0.39 is 5.25 Å². The summed E-state index contributed by atoms with van der Waals surface area (Å²) in [6.07, 6.45) is 1.81. The fraction of sp³-hybridized carbons (Fsp3) is 0.308. The average Bonchev–Trinajstić information content (AvgIpc) is 3.49. The summed E-state index contributed by atoms with van der Waals surface area (Å²) >= 11 is 15.1. The number of imide groups is 1. The number of carbonyl (C=O) groups excluding carboxylic acids is 3. The van der Waals surface area contributed by atoms with E-state index >= 15 is 0 Å². The number of aromatic nitrogens is 1. The Morgan fingerprint density at radius 3 is 2.53 bits per heavy atom. The molecule has 1 atom stereocenters. The lowest BCUT2D eigenvalue weighted by molar-refractivity contribution is -0.129. The summed E-state index contributed by atoms with van der Waals surface area (Å²) in [4.78, 5) is 45.9. The van der Waals surface area contributed by atoms with E-state index in [0.717, 1.165) is 29.1 Å². The molecule has 6 nitrogen and oxygen atoms in total. The van der Waals surface area contributed by atoms with Crippen LogP contribution in [0.15, 0.2) is 53.9 Å². The Bertz CT molecular complexity index is 1290. The molecule has 0 saturated carbocycles. The number of nitrogens with zero attached hydrogens (tertiary/aromatic N) is 3. The number of hydrogen-bond acceptors (Lipinski definition) is 6. The molecule has 3 aromatic rings. The Hall–Kier alpha value is -2.39. The molecule has 2 aliphatic heterocycles. The van der Waals surface area contributed by atoms with Crippen molar-refractivity contribution in [2.24, 2.45) is 0 Å². The third kappa shape index (κ3) is 5.32. The van der Waals surface area contributed by atoms with Gasteiger partial charge in [-0.25, -0.2) is 9.88 Å². The van der Waals surface area contributed by atoms with E-state index in [4.69, 9.17) is 28.2 Å². The first-order valence-electron chi connectivity index (χ1n) is 11.6. The molecule has 0 bridgehead atoms. The van der Waals surface area contributed by atoms with Gasteiger partial charge in [0, 0.05) is 36.4 Å². The van der Waals surface area contributed by atoms with Crippen LogP contribution in [0.5, 0.6) is 0 Å². The zero-order valence-electron chi connectivity index (χ0n) is 19.2. The van der Waals surface area contributed by atoms with Gasteiger partial charge in [-0.2, -0.15) is 0 Å². The van der Waals surface area contributed by atoms with E-state index in [1.807, 2.05) is 28.5 Å². The third-order valence-electron chi connectivity index (χ3n) is 6.46. The number of benzene rings is 2. The van der Waals surface area contributed by atoms with Gasteiger partial charge in [-0.15, -0.1) is 23.1 Å². The molecule has 2 saturated heterocycles. The summed E-state index contributed by atoms with van der Waals surface area (Å²) in [5.41, 5.74) is 2.39. The quantitative estimate of drug-likeness (QED) is 0.352. The lowest BCUT2D eigenvalue weighted by Crippen LogP contribution is -2.39. The monoisotopic (exact) mass is 559 g/mol. The lowest BCUT2D eigenvalue weighted by atomic mass is 9.97. The van der Waals surface area contributed by atoms with Crippen molar-refractivity contribution >= 4 is 69.7 Å². The van der Waals surface area contributed by atoms with Gasteiger partial charge in [0.25, 0.3) is 0 Å². The largest absolute Gasteiger partial charge is 0.342 e. The van der Waals surface area contributed by atoms with Crippen molar-refractivity contribution in [1.29, 1.82) is 0 Å². The summed E-state index contributed by atoms with van der Waals surface area (Å²) < 4.78 is 0. The topological polar surface area (TPSA) is 70.6 Å². The number of likely N-dealkylation sites (tertiary alicyclic amines) is 1. The molecular formula is C26H23Cl2N3O3S2. The highest BCUT2D eigenvalue weighted by molar-refractivity contribution is 8.01. The number of halogens is 2. The molecule has 2 fully saturated rings. The molecule has 2 aromatic carbocycles. The molecule has 2 aliphatic rings. The second-order valence-electron chi connectivity index (χ2n) is 8.76. The molecule has 1 unspecified atom stereocenters. The van der Waals surface area contributed by atoms with Gasteiger partial charge in [0.15, 0.2) is 0 Å². The van der Waals surface area contributed by atoms with Crippen molar-refractivity contribution < 1.29 is 14.4 Å². The maximum atomic E-state index is 12.8. The lowest BCUT2D eigenvalue weighted by Gasteiger charge is -2.31. The second-order valence-corrected chi connectivity index (χ2v) is 11.7. The first kappa shape index (κ1) is 25.3. The third-order valence-corrected chi connectivity index (χ3v) is 9.39.